The van der Waals surface area contributed by atoms with Gasteiger partial charge in [0.15, 0.2) is 0 Å². The molecule has 0 bridgehead atoms. The molecule has 0 atom stereocenters. The minimum atomic E-state index is 0.827. The van der Waals surface area contributed by atoms with Crippen LogP contribution in [0.25, 0.3) is 10.2 Å². The van der Waals surface area contributed by atoms with Crippen molar-refractivity contribution in [1.82, 2.24) is 9.97 Å². The highest BCUT2D eigenvalue weighted by atomic mass is 35.5. The van der Waals surface area contributed by atoms with Gasteiger partial charge in [0.2, 0.25) is 0 Å². The third-order valence-corrected chi connectivity index (χ3v) is 6.65. The standard InChI is InChI=1S/C17H15ClN2S2/c18-13-7-3-1-5-11(13)9-21-16-15-12-6-2-4-8-14(12)22-17(15)20-10-19-16/h1,3,5,7,10H,2,4,6,8-9H2. The maximum atomic E-state index is 6.26. The van der Waals surface area contributed by atoms with Crippen molar-refractivity contribution >= 4 is 44.9 Å². The van der Waals surface area contributed by atoms with Gasteiger partial charge in [-0.15, -0.1) is 23.1 Å². The molecule has 0 saturated heterocycles. The average Bonchev–Trinajstić information content (AvgIpc) is 2.93. The van der Waals surface area contributed by atoms with Crippen molar-refractivity contribution in [3.05, 3.63) is 51.6 Å². The summed E-state index contributed by atoms with van der Waals surface area (Å²) in [6.07, 6.45) is 6.64. The van der Waals surface area contributed by atoms with E-state index in [1.165, 1.54) is 41.5 Å². The Hall–Kier alpha value is -1.10. The molecule has 2 heterocycles. The summed E-state index contributed by atoms with van der Waals surface area (Å²) in [5.41, 5.74) is 2.65. The van der Waals surface area contributed by atoms with Gasteiger partial charge >= 0.3 is 0 Å². The van der Waals surface area contributed by atoms with Crippen LogP contribution in [0.15, 0.2) is 35.6 Å². The van der Waals surface area contributed by atoms with Crippen LogP contribution >= 0.6 is 34.7 Å². The lowest BCUT2D eigenvalue weighted by atomic mass is 9.97. The van der Waals surface area contributed by atoms with Crippen molar-refractivity contribution in [2.75, 3.05) is 0 Å². The second-order valence-electron chi connectivity index (χ2n) is 5.45. The Morgan fingerprint density at radius 1 is 1.14 bits per heavy atom. The predicted molar refractivity (Wildman–Crippen MR) is 95.1 cm³/mol. The van der Waals surface area contributed by atoms with E-state index in [-0.39, 0.29) is 0 Å². The highest BCUT2D eigenvalue weighted by Gasteiger charge is 2.20. The van der Waals surface area contributed by atoms with E-state index in [4.69, 9.17) is 11.6 Å². The summed E-state index contributed by atoms with van der Waals surface area (Å²) in [4.78, 5) is 11.7. The molecule has 4 rings (SSSR count). The number of thioether (sulfide) groups is 1. The molecule has 2 nitrogen and oxygen atoms in total. The molecule has 0 aliphatic heterocycles. The Morgan fingerprint density at radius 2 is 2.00 bits per heavy atom. The van der Waals surface area contributed by atoms with Gasteiger partial charge in [0.05, 0.1) is 0 Å². The first-order chi connectivity index (χ1) is 10.8. The van der Waals surface area contributed by atoms with Gasteiger partial charge in [-0.1, -0.05) is 29.8 Å². The van der Waals surface area contributed by atoms with Crippen molar-refractivity contribution in [2.45, 2.75) is 36.5 Å². The van der Waals surface area contributed by atoms with E-state index in [9.17, 15) is 0 Å². The monoisotopic (exact) mass is 346 g/mol. The average molecular weight is 347 g/mol. The third-order valence-electron chi connectivity index (χ3n) is 4.04. The molecule has 0 saturated carbocycles. The van der Waals surface area contributed by atoms with Gasteiger partial charge in [-0.3, -0.25) is 0 Å². The summed E-state index contributed by atoms with van der Waals surface area (Å²) in [6.45, 7) is 0. The van der Waals surface area contributed by atoms with Gasteiger partial charge in [0.25, 0.3) is 0 Å². The smallest absolute Gasteiger partial charge is 0.128 e. The van der Waals surface area contributed by atoms with Crippen molar-refractivity contribution in [2.24, 2.45) is 0 Å². The van der Waals surface area contributed by atoms with Crippen LogP contribution < -0.4 is 0 Å². The molecule has 0 unspecified atom stereocenters. The van der Waals surface area contributed by atoms with Gasteiger partial charge in [-0.25, -0.2) is 9.97 Å². The first kappa shape index (κ1) is 14.5. The normalized spacial score (nSPS) is 14.2. The first-order valence-corrected chi connectivity index (χ1v) is 9.62. The molecular weight excluding hydrogens is 332 g/mol. The van der Waals surface area contributed by atoms with Crippen LogP contribution in [0.2, 0.25) is 5.02 Å². The molecule has 1 aliphatic carbocycles. The van der Waals surface area contributed by atoms with E-state index in [0.717, 1.165) is 26.2 Å². The molecule has 3 aromatic rings. The van der Waals surface area contributed by atoms with Crippen molar-refractivity contribution in [3.63, 3.8) is 0 Å². The zero-order valence-electron chi connectivity index (χ0n) is 12.0. The largest absolute Gasteiger partial charge is 0.229 e. The molecule has 0 amide bonds. The zero-order valence-corrected chi connectivity index (χ0v) is 14.4. The molecule has 0 N–H and O–H groups in total. The maximum Gasteiger partial charge on any atom is 0.128 e. The number of nitrogens with zero attached hydrogens (tertiary/aromatic N) is 2. The lowest BCUT2D eigenvalue weighted by Crippen LogP contribution is -1.99. The molecule has 0 fully saturated rings. The molecule has 0 radical (unpaired) electrons. The van der Waals surface area contributed by atoms with Crippen molar-refractivity contribution < 1.29 is 0 Å². The van der Waals surface area contributed by atoms with E-state index in [1.807, 2.05) is 29.5 Å². The number of halogens is 1. The minimum absolute atomic E-state index is 0.827. The number of aryl methyl sites for hydroxylation is 2. The Kier molecular flexibility index (Phi) is 4.07. The Bertz CT molecular complexity index is 829. The van der Waals surface area contributed by atoms with Gasteiger partial charge in [0.1, 0.15) is 16.2 Å². The van der Waals surface area contributed by atoms with E-state index in [0.29, 0.717) is 0 Å². The van der Waals surface area contributed by atoms with E-state index in [1.54, 1.807) is 18.1 Å². The highest BCUT2D eigenvalue weighted by molar-refractivity contribution is 7.98. The van der Waals surface area contributed by atoms with Crippen LogP contribution in [0.3, 0.4) is 0 Å². The molecule has 1 aliphatic rings. The van der Waals surface area contributed by atoms with Crippen LogP contribution in [0, 0.1) is 0 Å². The zero-order chi connectivity index (χ0) is 14.9. The maximum absolute atomic E-state index is 6.26. The van der Waals surface area contributed by atoms with Gasteiger partial charge in [0, 0.05) is 21.0 Å². The molecular formula is C17H15ClN2S2. The lowest BCUT2D eigenvalue weighted by molar-refractivity contribution is 0.699. The van der Waals surface area contributed by atoms with Crippen molar-refractivity contribution in [3.8, 4) is 0 Å². The molecule has 5 heteroatoms. The number of thiophene rings is 1. The van der Waals surface area contributed by atoms with Crippen LogP contribution in [-0.2, 0) is 18.6 Å². The summed E-state index contributed by atoms with van der Waals surface area (Å²) in [5, 5.41) is 3.22. The molecule has 2 aromatic heterocycles. The third kappa shape index (κ3) is 2.64. The highest BCUT2D eigenvalue weighted by Crippen LogP contribution is 2.40. The topological polar surface area (TPSA) is 25.8 Å². The molecule has 22 heavy (non-hydrogen) atoms. The van der Waals surface area contributed by atoms with Crippen LogP contribution in [0.4, 0.5) is 0 Å². The summed E-state index contributed by atoms with van der Waals surface area (Å²) in [7, 11) is 0. The van der Waals surface area contributed by atoms with Crippen LogP contribution in [-0.4, -0.2) is 9.97 Å². The first-order valence-electron chi connectivity index (χ1n) is 7.44. The SMILES string of the molecule is Clc1ccccc1CSc1ncnc2sc3c(c12)CCCC3. The lowest BCUT2D eigenvalue weighted by Gasteiger charge is -2.11. The second-order valence-corrected chi connectivity index (χ2v) is 7.90. The fourth-order valence-electron chi connectivity index (χ4n) is 2.93. The Morgan fingerprint density at radius 3 is 2.91 bits per heavy atom. The van der Waals surface area contributed by atoms with E-state index >= 15 is 0 Å². The predicted octanol–water partition coefficient (Wildman–Crippen LogP) is 5.52. The van der Waals surface area contributed by atoms with E-state index in [2.05, 4.69) is 16.0 Å². The van der Waals surface area contributed by atoms with Gasteiger partial charge < -0.3 is 0 Å². The van der Waals surface area contributed by atoms with Crippen molar-refractivity contribution in [1.29, 1.82) is 0 Å². The van der Waals surface area contributed by atoms with Crippen LogP contribution in [0.1, 0.15) is 28.8 Å². The van der Waals surface area contributed by atoms with E-state index < -0.39 is 0 Å². The number of hydrogen-bond acceptors (Lipinski definition) is 4. The van der Waals surface area contributed by atoms with Gasteiger partial charge in [-0.2, -0.15) is 0 Å². The molecule has 0 spiro atoms. The molecule has 1 aromatic carbocycles. The number of fused-ring (bicyclic) bond motifs is 3. The Labute approximate surface area is 142 Å². The summed E-state index contributed by atoms with van der Waals surface area (Å²) in [5.74, 6) is 0.844. The number of rotatable bonds is 3. The minimum Gasteiger partial charge on any atom is -0.229 e. The quantitative estimate of drug-likeness (QED) is 0.461. The summed E-state index contributed by atoms with van der Waals surface area (Å²) >= 11 is 9.87. The van der Waals surface area contributed by atoms with Gasteiger partial charge in [-0.05, 0) is 42.9 Å². The fourth-order valence-corrected chi connectivity index (χ4v) is 5.54. The fraction of sp³-hybridized carbons (Fsp3) is 0.294. The van der Waals surface area contributed by atoms with Crippen LogP contribution in [0.5, 0.6) is 0 Å². The summed E-state index contributed by atoms with van der Waals surface area (Å²) < 4.78 is 0. The number of benzene rings is 1. The second kappa shape index (κ2) is 6.19. The molecule has 112 valence electrons. The number of aromatic nitrogens is 2. The summed E-state index contributed by atoms with van der Waals surface area (Å²) in [6, 6.07) is 8.02. The number of hydrogen-bond donors (Lipinski definition) is 0. The Balaban J connectivity index is 1.70.